The van der Waals surface area contributed by atoms with Gasteiger partial charge in [-0.3, -0.25) is 14.4 Å². The van der Waals surface area contributed by atoms with Gasteiger partial charge in [0, 0.05) is 6.42 Å². The van der Waals surface area contributed by atoms with Crippen LogP contribution in [0.15, 0.2) is 48.5 Å². The summed E-state index contributed by atoms with van der Waals surface area (Å²) in [6.07, 6.45) is 2.80. The molecule has 0 radical (unpaired) electrons. The number of amides is 3. The van der Waals surface area contributed by atoms with Gasteiger partial charge in [0.05, 0.1) is 16.8 Å². The number of carbonyl (C=O) groups excluding carboxylic acids is 3. The molecule has 2 aliphatic rings. The monoisotopic (exact) mass is 320 g/mol. The number of hydrazine groups is 1. The summed E-state index contributed by atoms with van der Waals surface area (Å²) in [5, 5.41) is 2.27. The molecule has 120 valence electrons. The fourth-order valence-electron chi connectivity index (χ4n) is 3.34. The first kappa shape index (κ1) is 14.6. The Bertz CT molecular complexity index is 824. The number of para-hydroxylation sites is 1. The van der Waals surface area contributed by atoms with E-state index in [0.29, 0.717) is 23.2 Å². The van der Waals surface area contributed by atoms with Crippen LogP contribution in [0, 0.1) is 0 Å². The second kappa shape index (κ2) is 5.60. The van der Waals surface area contributed by atoms with Crippen LogP contribution in [0.2, 0.25) is 0 Å². The molecule has 3 amide bonds. The van der Waals surface area contributed by atoms with E-state index in [1.807, 2.05) is 18.2 Å². The van der Waals surface area contributed by atoms with Crippen molar-refractivity contribution in [3.63, 3.8) is 0 Å². The van der Waals surface area contributed by atoms with E-state index in [0.717, 1.165) is 29.8 Å². The average molecular weight is 320 g/mol. The van der Waals surface area contributed by atoms with E-state index in [2.05, 4.69) is 0 Å². The van der Waals surface area contributed by atoms with Gasteiger partial charge < -0.3 is 0 Å². The minimum atomic E-state index is -0.445. The molecule has 0 saturated heterocycles. The Balaban J connectivity index is 1.85. The topological polar surface area (TPSA) is 57.7 Å². The average Bonchev–Trinajstić information content (AvgIpc) is 2.84. The van der Waals surface area contributed by atoms with Crippen molar-refractivity contribution in [2.24, 2.45) is 0 Å². The van der Waals surface area contributed by atoms with Gasteiger partial charge in [0.1, 0.15) is 0 Å². The molecular formula is C19H16N2O3. The Labute approximate surface area is 139 Å². The number of rotatable bonds is 1. The zero-order chi connectivity index (χ0) is 16.7. The van der Waals surface area contributed by atoms with Crippen LogP contribution in [0.5, 0.6) is 0 Å². The zero-order valence-corrected chi connectivity index (χ0v) is 13.1. The molecule has 24 heavy (non-hydrogen) atoms. The quantitative estimate of drug-likeness (QED) is 0.759. The molecule has 2 heterocycles. The van der Waals surface area contributed by atoms with Gasteiger partial charge in [0.15, 0.2) is 0 Å². The lowest BCUT2D eigenvalue weighted by Crippen LogP contribution is -2.50. The molecule has 0 aromatic heterocycles. The molecule has 4 rings (SSSR count). The predicted molar refractivity (Wildman–Crippen MR) is 88.4 cm³/mol. The zero-order valence-electron chi connectivity index (χ0n) is 13.1. The van der Waals surface area contributed by atoms with Crippen LogP contribution in [0.25, 0.3) is 0 Å². The van der Waals surface area contributed by atoms with Gasteiger partial charge in [-0.25, -0.2) is 5.01 Å². The maximum absolute atomic E-state index is 12.8. The molecule has 0 bridgehead atoms. The largest absolute Gasteiger partial charge is 0.281 e. The van der Waals surface area contributed by atoms with Gasteiger partial charge in [-0.15, -0.1) is 0 Å². The minimum Gasteiger partial charge on any atom is -0.273 e. The standard InChI is InChI=1S/C19H16N2O3/c22-17-12-6-2-8-13-7-1-5-11-16(13)20(17)21-18(23)14-9-3-4-10-15(14)19(21)24/h1,3-5,7,9-11H,2,6,8,12H2. The van der Waals surface area contributed by atoms with Crippen molar-refractivity contribution in [2.45, 2.75) is 25.7 Å². The summed E-state index contributed by atoms with van der Waals surface area (Å²) in [6.45, 7) is 0. The first-order valence-corrected chi connectivity index (χ1v) is 8.07. The number of hydrogen-bond donors (Lipinski definition) is 0. The normalized spacial score (nSPS) is 17.4. The fourth-order valence-corrected chi connectivity index (χ4v) is 3.34. The molecule has 0 saturated carbocycles. The van der Waals surface area contributed by atoms with Crippen molar-refractivity contribution in [2.75, 3.05) is 5.01 Å². The highest BCUT2D eigenvalue weighted by Crippen LogP contribution is 2.32. The van der Waals surface area contributed by atoms with E-state index in [4.69, 9.17) is 0 Å². The molecule has 5 heteroatoms. The highest BCUT2D eigenvalue weighted by atomic mass is 16.2. The maximum atomic E-state index is 12.8. The first-order chi connectivity index (χ1) is 11.7. The minimum absolute atomic E-state index is 0.225. The van der Waals surface area contributed by atoms with Crippen molar-refractivity contribution in [1.82, 2.24) is 5.01 Å². The maximum Gasteiger partial charge on any atom is 0.281 e. The van der Waals surface area contributed by atoms with Crippen LogP contribution in [-0.4, -0.2) is 22.7 Å². The first-order valence-electron chi connectivity index (χ1n) is 8.07. The van der Waals surface area contributed by atoms with Gasteiger partial charge in [-0.2, -0.15) is 5.01 Å². The molecule has 2 aliphatic heterocycles. The van der Waals surface area contributed by atoms with Crippen molar-refractivity contribution in [3.8, 4) is 0 Å². The van der Waals surface area contributed by atoms with Gasteiger partial charge in [-0.1, -0.05) is 30.3 Å². The summed E-state index contributed by atoms with van der Waals surface area (Å²) >= 11 is 0. The van der Waals surface area contributed by atoms with Crippen LogP contribution in [0.3, 0.4) is 0 Å². The Morgan fingerprint density at radius 3 is 1.96 bits per heavy atom. The number of nitrogens with zero attached hydrogens (tertiary/aromatic N) is 2. The van der Waals surface area contributed by atoms with Gasteiger partial charge in [0.25, 0.3) is 11.8 Å². The van der Waals surface area contributed by atoms with Crippen LogP contribution in [-0.2, 0) is 11.2 Å². The lowest BCUT2D eigenvalue weighted by atomic mass is 10.0. The van der Waals surface area contributed by atoms with Crippen molar-refractivity contribution < 1.29 is 14.4 Å². The summed E-state index contributed by atoms with van der Waals surface area (Å²) in [7, 11) is 0. The van der Waals surface area contributed by atoms with E-state index >= 15 is 0 Å². The third-order valence-electron chi connectivity index (χ3n) is 4.52. The summed E-state index contributed by atoms with van der Waals surface area (Å²) in [4.78, 5) is 38.3. The van der Waals surface area contributed by atoms with E-state index in [-0.39, 0.29) is 5.91 Å². The second-order valence-electron chi connectivity index (χ2n) is 6.01. The summed E-state index contributed by atoms with van der Waals surface area (Å²) in [5.74, 6) is -1.12. The van der Waals surface area contributed by atoms with Crippen molar-refractivity contribution in [1.29, 1.82) is 0 Å². The summed E-state index contributed by atoms with van der Waals surface area (Å²) < 4.78 is 0. The SMILES string of the molecule is O=C1c2ccccc2C(=O)N1N1C(=O)CCCCc2ccccc21. The number of carbonyl (C=O) groups is 3. The number of imide groups is 1. The third kappa shape index (κ3) is 2.12. The number of anilines is 1. The van der Waals surface area contributed by atoms with E-state index in [1.165, 1.54) is 5.01 Å². The Kier molecular flexibility index (Phi) is 3.41. The van der Waals surface area contributed by atoms with Crippen LogP contribution >= 0.6 is 0 Å². The van der Waals surface area contributed by atoms with Gasteiger partial charge >= 0.3 is 0 Å². The molecule has 2 aromatic carbocycles. The Morgan fingerprint density at radius 2 is 1.25 bits per heavy atom. The predicted octanol–water partition coefficient (Wildman–Crippen LogP) is 2.96. The smallest absolute Gasteiger partial charge is 0.273 e. The van der Waals surface area contributed by atoms with Gasteiger partial charge in [-0.05, 0) is 43.0 Å². The lowest BCUT2D eigenvalue weighted by Gasteiger charge is -2.32. The molecule has 0 spiro atoms. The second-order valence-corrected chi connectivity index (χ2v) is 6.01. The summed E-state index contributed by atoms with van der Waals surface area (Å²) in [5.41, 5.74) is 2.28. The lowest BCUT2D eigenvalue weighted by molar-refractivity contribution is -0.120. The number of aryl methyl sites for hydroxylation is 1. The fraction of sp³-hybridized carbons (Fsp3) is 0.211. The number of hydrogen-bond acceptors (Lipinski definition) is 3. The van der Waals surface area contributed by atoms with Crippen LogP contribution < -0.4 is 5.01 Å². The van der Waals surface area contributed by atoms with Crippen LogP contribution in [0.1, 0.15) is 45.5 Å². The van der Waals surface area contributed by atoms with Crippen LogP contribution in [0.4, 0.5) is 5.69 Å². The molecule has 0 atom stereocenters. The van der Waals surface area contributed by atoms with Crippen molar-refractivity contribution >= 4 is 23.4 Å². The van der Waals surface area contributed by atoms with E-state index in [9.17, 15) is 14.4 Å². The third-order valence-corrected chi connectivity index (χ3v) is 4.52. The van der Waals surface area contributed by atoms with Gasteiger partial charge in [0.2, 0.25) is 5.91 Å². The molecule has 0 aliphatic carbocycles. The molecule has 0 unspecified atom stereocenters. The highest BCUT2D eigenvalue weighted by molar-refractivity contribution is 6.24. The molecule has 5 nitrogen and oxygen atoms in total. The molecule has 2 aromatic rings. The van der Waals surface area contributed by atoms with E-state index in [1.54, 1.807) is 30.3 Å². The highest BCUT2D eigenvalue weighted by Gasteiger charge is 2.42. The van der Waals surface area contributed by atoms with Crippen molar-refractivity contribution in [3.05, 3.63) is 65.2 Å². The molecule has 0 fully saturated rings. The summed E-state index contributed by atoms with van der Waals surface area (Å²) in [6, 6.07) is 14.1. The molecule has 0 N–H and O–H groups in total. The molecular weight excluding hydrogens is 304 g/mol. The Hall–Kier alpha value is -2.95. The number of benzene rings is 2. The van der Waals surface area contributed by atoms with E-state index < -0.39 is 11.8 Å². The number of fused-ring (bicyclic) bond motifs is 2. The Morgan fingerprint density at radius 1 is 0.667 bits per heavy atom.